The van der Waals surface area contributed by atoms with Gasteiger partial charge < -0.3 is 14.6 Å². The minimum atomic E-state index is -1.07. The van der Waals surface area contributed by atoms with Crippen LogP contribution in [0.3, 0.4) is 0 Å². The van der Waals surface area contributed by atoms with E-state index in [1.807, 2.05) is 19.9 Å². The zero-order chi connectivity index (χ0) is 23.9. The number of anilines is 1. The summed E-state index contributed by atoms with van der Waals surface area (Å²) < 4.78 is 10.9. The fourth-order valence-corrected chi connectivity index (χ4v) is 4.87. The van der Waals surface area contributed by atoms with Gasteiger partial charge in [-0.25, -0.2) is 4.79 Å². The van der Waals surface area contributed by atoms with Crippen LogP contribution in [0.25, 0.3) is 0 Å². The minimum Gasteiger partial charge on any atom is -0.497 e. The van der Waals surface area contributed by atoms with Crippen molar-refractivity contribution in [1.29, 1.82) is 0 Å². The van der Waals surface area contributed by atoms with Gasteiger partial charge in [0.1, 0.15) is 11.5 Å². The maximum absolute atomic E-state index is 13.5. The lowest BCUT2D eigenvalue weighted by Crippen LogP contribution is -2.43. The van der Waals surface area contributed by atoms with Crippen molar-refractivity contribution in [3.63, 3.8) is 0 Å². The molecule has 0 fully saturated rings. The lowest BCUT2D eigenvalue weighted by molar-refractivity contribution is -0.121. The predicted octanol–water partition coefficient (Wildman–Crippen LogP) is 4.57. The third-order valence-corrected chi connectivity index (χ3v) is 6.31. The number of carboxylic acid groups (broad SMARTS) is 1. The van der Waals surface area contributed by atoms with Gasteiger partial charge in [-0.15, -0.1) is 0 Å². The summed E-state index contributed by atoms with van der Waals surface area (Å²) in [5, 5.41) is 9.43. The number of allylic oxidation sites excluding steroid dienone is 2. The summed E-state index contributed by atoms with van der Waals surface area (Å²) in [7, 11) is 3.12. The second-order valence-corrected chi connectivity index (χ2v) is 9.25. The smallest absolute Gasteiger partial charge is 0.335 e. The van der Waals surface area contributed by atoms with Gasteiger partial charge in [-0.2, -0.15) is 0 Å². The van der Waals surface area contributed by atoms with Crippen LogP contribution in [0.5, 0.6) is 11.5 Å². The molecule has 7 nitrogen and oxygen atoms in total. The number of nitrogens with zero attached hydrogens (tertiary/aromatic N) is 1. The number of amides is 1. The van der Waals surface area contributed by atoms with E-state index in [0.29, 0.717) is 41.3 Å². The Balaban J connectivity index is 1.93. The predicted molar refractivity (Wildman–Crippen MR) is 123 cm³/mol. The highest BCUT2D eigenvalue weighted by atomic mass is 16.5. The average Bonchev–Trinajstić information content (AvgIpc) is 2.77. The number of benzene rings is 2. The molecule has 0 spiro atoms. The van der Waals surface area contributed by atoms with Gasteiger partial charge in [0.2, 0.25) is 5.91 Å². The molecule has 0 saturated heterocycles. The van der Waals surface area contributed by atoms with Crippen LogP contribution in [0.2, 0.25) is 0 Å². The maximum Gasteiger partial charge on any atom is 0.335 e. The number of carbonyl (C=O) groups excluding carboxylic acids is 2. The number of hydrogen-bond acceptors (Lipinski definition) is 5. The van der Waals surface area contributed by atoms with E-state index in [2.05, 4.69) is 0 Å². The van der Waals surface area contributed by atoms with Crippen LogP contribution in [0.15, 0.2) is 53.7 Å². The number of Topliss-reactive ketones (excluding diaryl/α,β-unsaturated/α-hetero) is 1. The van der Waals surface area contributed by atoms with Crippen LogP contribution in [0.1, 0.15) is 54.9 Å². The number of rotatable bonds is 5. The standard InChI is InChI=1S/C26H27NO6/c1-26(2)13-20-24(21(28)14-26)19(18-11-17(32-3)8-9-22(18)33-4)12-23(29)27(20)16-7-5-6-15(10-16)25(30)31/h5-11,19H,12-14H2,1-4H3,(H,30,31). The van der Waals surface area contributed by atoms with E-state index in [0.717, 1.165) is 5.56 Å². The Morgan fingerprint density at radius 2 is 1.82 bits per heavy atom. The molecule has 7 heteroatoms. The fraction of sp³-hybridized carbons (Fsp3) is 0.346. The molecule has 172 valence electrons. The average molecular weight is 450 g/mol. The zero-order valence-electron chi connectivity index (χ0n) is 19.2. The van der Waals surface area contributed by atoms with Crippen molar-refractivity contribution >= 4 is 23.3 Å². The molecule has 2 aromatic carbocycles. The van der Waals surface area contributed by atoms with E-state index in [1.54, 1.807) is 38.5 Å². The van der Waals surface area contributed by atoms with Gasteiger partial charge in [0.25, 0.3) is 0 Å². The van der Waals surface area contributed by atoms with Crippen molar-refractivity contribution in [3.05, 3.63) is 64.9 Å². The molecule has 1 N–H and O–H groups in total. The van der Waals surface area contributed by atoms with Gasteiger partial charge in [-0.3, -0.25) is 14.5 Å². The lowest BCUT2D eigenvalue weighted by Gasteiger charge is -2.43. The summed E-state index contributed by atoms with van der Waals surface area (Å²) in [6.07, 6.45) is 0.942. The Hall–Kier alpha value is -3.61. The monoisotopic (exact) mass is 449 g/mol. The van der Waals surface area contributed by atoms with Crippen molar-refractivity contribution in [3.8, 4) is 11.5 Å². The Morgan fingerprint density at radius 3 is 2.48 bits per heavy atom. The molecule has 2 aromatic rings. The molecule has 0 radical (unpaired) electrons. The molecule has 2 aliphatic rings. The van der Waals surface area contributed by atoms with Gasteiger partial charge in [-0.05, 0) is 48.2 Å². The molecule has 1 heterocycles. The minimum absolute atomic E-state index is 0.0111. The van der Waals surface area contributed by atoms with Gasteiger partial charge in [0, 0.05) is 41.3 Å². The largest absolute Gasteiger partial charge is 0.497 e. The summed E-state index contributed by atoms with van der Waals surface area (Å²) in [4.78, 5) is 40.1. The second kappa shape index (κ2) is 8.39. The van der Waals surface area contributed by atoms with E-state index < -0.39 is 11.9 Å². The number of carbonyl (C=O) groups is 3. The normalized spacial score (nSPS) is 19.9. The molecule has 0 bridgehead atoms. The van der Waals surface area contributed by atoms with Crippen LogP contribution in [0, 0.1) is 5.41 Å². The molecule has 1 aliphatic carbocycles. The first-order chi connectivity index (χ1) is 15.6. The van der Waals surface area contributed by atoms with Crippen LogP contribution >= 0.6 is 0 Å². The molecule has 4 rings (SSSR count). The third kappa shape index (κ3) is 4.11. The quantitative estimate of drug-likeness (QED) is 0.719. The zero-order valence-corrected chi connectivity index (χ0v) is 19.2. The summed E-state index contributed by atoms with van der Waals surface area (Å²) >= 11 is 0. The van der Waals surface area contributed by atoms with Gasteiger partial charge in [0.05, 0.1) is 19.8 Å². The van der Waals surface area contributed by atoms with Crippen molar-refractivity contribution in [2.75, 3.05) is 19.1 Å². The van der Waals surface area contributed by atoms with Crippen LogP contribution < -0.4 is 14.4 Å². The van der Waals surface area contributed by atoms with E-state index in [1.165, 1.54) is 17.0 Å². The molecular formula is C26H27NO6. The number of ether oxygens (including phenoxy) is 2. The van der Waals surface area contributed by atoms with Crippen LogP contribution in [0.4, 0.5) is 5.69 Å². The topological polar surface area (TPSA) is 93.1 Å². The first-order valence-corrected chi connectivity index (χ1v) is 10.8. The van der Waals surface area contributed by atoms with E-state index >= 15 is 0 Å². The third-order valence-electron chi connectivity index (χ3n) is 6.31. The second-order valence-electron chi connectivity index (χ2n) is 9.25. The highest BCUT2D eigenvalue weighted by molar-refractivity contribution is 6.08. The summed E-state index contributed by atoms with van der Waals surface area (Å²) in [5.74, 6) is -0.561. The number of ketones is 1. The summed E-state index contributed by atoms with van der Waals surface area (Å²) in [6.45, 7) is 4.00. The van der Waals surface area contributed by atoms with E-state index in [4.69, 9.17) is 9.47 Å². The number of carboxylic acids is 1. The maximum atomic E-state index is 13.5. The molecule has 1 amide bonds. The van der Waals surface area contributed by atoms with Crippen LogP contribution in [-0.4, -0.2) is 37.0 Å². The van der Waals surface area contributed by atoms with Crippen molar-refractivity contribution < 1.29 is 29.0 Å². The molecular weight excluding hydrogens is 422 g/mol. The molecule has 1 aliphatic heterocycles. The Labute approximate surface area is 192 Å². The van der Waals surface area contributed by atoms with Crippen LogP contribution in [-0.2, 0) is 9.59 Å². The highest BCUT2D eigenvalue weighted by Gasteiger charge is 2.45. The lowest BCUT2D eigenvalue weighted by atomic mass is 9.69. The molecule has 1 atom stereocenters. The van der Waals surface area contributed by atoms with Gasteiger partial charge in [0.15, 0.2) is 5.78 Å². The molecule has 0 aromatic heterocycles. The summed E-state index contributed by atoms with van der Waals surface area (Å²) in [5.41, 5.74) is 2.14. The first-order valence-electron chi connectivity index (χ1n) is 10.8. The van der Waals surface area contributed by atoms with Gasteiger partial charge >= 0.3 is 5.97 Å². The van der Waals surface area contributed by atoms with Crippen molar-refractivity contribution in [2.45, 2.75) is 39.0 Å². The first kappa shape index (κ1) is 22.6. The number of methoxy groups -OCH3 is 2. The van der Waals surface area contributed by atoms with Gasteiger partial charge in [-0.1, -0.05) is 19.9 Å². The number of hydrogen-bond donors (Lipinski definition) is 1. The SMILES string of the molecule is COc1ccc(OC)c(C2CC(=O)N(c3cccc(C(=O)O)c3)C3=C2C(=O)CC(C)(C)C3)c1. The number of aromatic carboxylic acids is 1. The molecule has 33 heavy (non-hydrogen) atoms. The Morgan fingerprint density at radius 1 is 1.06 bits per heavy atom. The van der Waals surface area contributed by atoms with E-state index in [-0.39, 0.29) is 29.1 Å². The van der Waals surface area contributed by atoms with E-state index in [9.17, 15) is 19.5 Å². The highest BCUT2D eigenvalue weighted by Crippen LogP contribution is 2.50. The summed E-state index contributed by atoms with van der Waals surface area (Å²) in [6, 6.07) is 11.6. The molecule has 1 unspecified atom stereocenters. The fourth-order valence-electron chi connectivity index (χ4n) is 4.87. The molecule has 0 saturated carbocycles. The van der Waals surface area contributed by atoms with Crippen molar-refractivity contribution in [1.82, 2.24) is 0 Å². The Kier molecular flexibility index (Phi) is 5.74. The Bertz CT molecular complexity index is 1180. The van der Waals surface area contributed by atoms with Crippen molar-refractivity contribution in [2.24, 2.45) is 5.41 Å².